The second kappa shape index (κ2) is 12.8. The van der Waals surface area contributed by atoms with Gasteiger partial charge in [0.25, 0.3) is 5.91 Å². The second-order valence-electron chi connectivity index (χ2n) is 11.8. The number of anilines is 1. The third-order valence-electron chi connectivity index (χ3n) is 8.85. The maximum absolute atomic E-state index is 13.5. The summed E-state index contributed by atoms with van der Waals surface area (Å²) in [5.74, 6) is 0.624. The van der Waals surface area contributed by atoms with E-state index in [1.807, 2.05) is 59.2 Å². The number of carboxylic acid groups (broad SMARTS) is 1. The first-order valence-electron chi connectivity index (χ1n) is 15.1. The Morgan fingerprint density at radius 2 is 1.91 bits per heavy atom. The van der Waals surface area contributed by atoms with Crippen LogP contribution < -0.4 is 15.0 Å². The van der Waals surface area contributed by atoms with Crippen molar-refractivity contribution in [3.63, 3.8) is 0 Å². The molecule has 0 radical (unpaired) electrons. The fraction of sp³-hybridized carbons (Fsp3) is 0.314. The van der Waals surface area contributed by atoms with Gasteiger partial charge in [0.1, 0.15) is 12.3 Å². The maximum atomic E-state index is 13.5. The minimum atomic E-state index is -1.10. The second-order valence-corrected chi connectivity index (χ2v) is 12.2. The summed E-state index contributed by atoms with van der Waals surface area (Å²) in [4.78, 5) is 38.6. The minimum Gasteiger partial charge on any atom is -0.493 e. The van der Waals surface area contributed by atoms with Gasteiger partial charge in [-0.2, -0.15) is 5.10 Å². The van der Waals surface area contributed by atoms with Crippen molar-refractivity contribution in [1.29, 1.82) is 0 Å². The van der Waals surface area contributed by atoms with Crippen LogP contribution in [0, 0.1) is 18.8 Å². The first-order valence-corrected chi connectivity index (χ1v) is 15.5. The molecule has 2 aliphatic rings. The summed E-state index contributed by atoms with van der Waals surface area (Å²) >= 11 is 6.21. The van der Waals surface area contributed by atoms with Crippen LogP contribution >= 0.6 is 11.6 Å². The summed E-state index contributed by atoms with van der Waals surface area (Å²) in [6, 6.07) is 18.8. The lowest BCUT2D eigenvalue weighted by Gasteiger charge is -2.30. The monoisotopic (exact) mass is 626 g/mol. The molecule has 45 heavy (non-hydrogen) atoms. The molecule has 232 valence electrons. The average Bonchev–Trinajstić information content (AvgIpc) is 3.45. The molecule has 2 heterocycles. The highest BCUT2D eigenvalue weighted by molar-refractivity contribution is 6.31. The zero-order chi connectivity index (χ0) is 31.7. The summed E-state index contributed by atoms with van der Waals surface area (Å²) in [6.07, 6.45) is 4.83. The molecule has 1 aliphatic heterocycles. The summed E-state index contributed by atoms with van der Waals surface area (Å²) in [6.45, 7) is 5.35. The largest absolute Gasteiger partial charge is 0.493 e. The molecule has 3 aromatic carbocycles. The first kappa shape index (κ1) is 30.4. The molecule has 3 atom stereocenters. The highest BCUT2D eigenvalue weighted by Gasteiger charge is 2.54. The molecule has 1 saturated carbocycles. The van der Waals surface area contributed by atoms with E-state index in [1.165, 1.54) is 5.56 Å². The quantitative estimate of drug-likeness (QED) is 0.200. The normalized spacial score (nSPS) is 18.1. The lowest BCUT2D eigenvalue weighted by molar-refractivity contribution is -0.135. The van der Waals surface area contributed by atoms with Crippen LogP contribution in [0.15, 0.2) is 73.1 Å². The van der Waals surface area contributed by atoms with Gasteiger partial charge in [0.2, 0.25) is 5.91 Å². The number of amides is 2. The number of benzene rings is 3. The molecule has 4 aromatic rings. The van der Waals surface area contributed by atoms with Gasteiger partial charge < -0.3 is 20.1 Å². The fourth-order valence-electron chi connectivity index (χ4n) is 6.37. The molecule has 9 nitrogen and oxygen atoms in total. The molecule has 10 heteroatoms. The van der Waals surface area contributed by atoms with E-state index in [1.54, 1.807) is 18.2 Å². The van der Waals surface area contributed by atoms with Crippen LogP contribution in [0.25, 0.3) is 11.1 Å². The number of halogens is 1. The number of aliphatic carboxylic acids is 1. The molecular weight excluding hydrogens is 592 g/mol. The molecule has 2 unspecified atom stereocenters. The summed E-state index contributed by atoms with van der Waals surface area (Å²) in [5, 5.41) is 16.5. The van der Waals surface area contributed by atoms with Gasteiger partial charge in [-0.25, -0.2) is 0 Å². The number of carbonyl (C=O) groups excluding carboxylic acids is 2. The van der Waals surface area contributed by atoms with E-state index in [0.717, 1.165) is 40.2 Å². The summed E-state index contributed by atoms with van der Waals surface area (Å²) < 4.78 is 7.75. The van der Waals surface area contributed by atoms with E-state index in [2.05, 4.69) is 29.5 Å². The zero-order valence-corrected chi connectivity index (χ0v) is 26.0. The van der Waals surface area contributed by atoms with Gasteiger partial charge in [-0.1, -0.05) is 48.9 Å². The number of ether oxygens (including phenoxy) is 1. The lowest BCUT2D eigenvalue weighted by atomic mass is 9.92. The topological polar surface area (TPSA) is 114 Å². The van der Waals surface area contributed by atoms with E-state index >= 15 is 0 Å². The summed E-state index contributed by atoms with van der Waals surface area (Å²) in [7, 11) is 0. The van der Waals surface area contributed by atoms with E-state index < -0.39 is 18.4 Å². The van der Waals surface area contributed by atoms with E-state index in [4.69, 9.17) is 21.4 Å². The molecule has 1 aliphatic carbocycles. The van der Waals surface area contributed by atoms with Crippen LogP contribution in [-0.2, 0) is 16.1 Å². The van der Waals surface area contributed by atoms with Crippen LogP contribution in [0.4, 0.5) is 5.69 Å². The van der Waals surface area contributed by atoms with Crippen molar-refractivity contribution in [2.24, 2.45) is 11.8 Å². The van der Waals surface area contributed by atoms with Gasteiger partial charge >= 0.3 is 5.97 Å². The number of aromatic nitrogens is 2. The van der Waals surface area contributed by atoms with Gasteiger partial charge in [0, 0.05) is 46.6 Å². The number of hydrogen-bond acceptors (Lipinski definition) is 5. The number of fused-ring (bicyclic) bond motifs is 3. The van der Waals surface area contributed by atoms with Gasteiger partial charge in [0.05, 0.1) is 19.3 Å². The highest BCUT2D eigenvalue weighted by Crippen LogP contribution is 2.61. The molecule has 0 saturated heterocycles. The molecule has 0 bridgehead atoms. The maximum Gasteiger partial charge on any atom is 0.322 e. The third kappa shape index (κ3) is 6.44. The van der Waals surface area contributed by atoms with Crippen molar-refractivity contribution < 1.29 is 24.2 Å². The van der Waals surface area contributed by atoms with Crippen molar-refractivity contribution in [3.8, 4) is 16.9 Å². The Morgan fingerprint density at radius 3 is 2.73 bits per heavy atom. The van der Waals surface area contributed by atoms with E-state index in [0.29, 0.717) is 54.3 Å². The predicted octanol–water partition coefficient (Wildman–Crippen LogP) is 5.93. The van der Waals surface area contributed by atoms with Crippen molar-refractivity contribution in [2.75, 3.05) is 24.6 Å². The molecular formula is C35H35ClN4O5. The minimum absolute atomic E-state index is 0.0975. The molecule has 1 fully saturated rings. The van der Waals surface area contributed by atoms with Crippen LogP contribution in [0.3, 0.4) is 0 Å². The third-order valence-corrected chi connectivity index (χ3v) is 9.26. The van der Waals surface area contributed by atoms with Gasteiger partial charge in [0.15, 0.2) is 0 Å². The molecule has 0 spiro atoms. The number of carbonyl (C=O) groups is 3. The Labute approximate surface area is 266 Å². The standard InChI is InChI=1S/C35H35ClN4O5/c1-21-27-20-40(31(41)13-6-14-45-30-12-5-10-28(36)22(30)2)29-11-4-9-26(34(29)33(21)27)25-16-38-39(19-25)18-23-7-3-8-24(15-23)35(44)37-17-32(42)43/h3-5,7-12,15-16,19,21,27,33H,6,13-14,17-18,20H2,1-2H3,(H,37,44)(H,42,43)/t21-,27?,33?/m0/s1. The number of nitrogens with zero attached hydrogens (tertiary/aromatic N) is 3. The fourth-order valence-corrected chi connectivity index (χ4v) is 6.53. The Morgan fingerprint density at radius 1 is 1.11 bits per heavy atom. The lowest BCUT2D eigenvalue weighted by Crippen LogP contribution is -2.36. The van der Waals surface area contributed by atoms with Crippen LogP contribution in [-0.4, -0.2) is 52.4 Å². The molecule has 2 amide bonds. The Kier molecular flexibility index (Phi) is 8.63. The Hall–Kier alpha value is -4.63. The van der Waals surface area contributed by atoms with Crippen LogP contribution in [0.5, 0.6) is 5.75 Å². The van der Waals surface area contributed by atoms with Crippen molar-refractivity contribution >= 4 is 35.1 Å². The summed E-state index contributed by atoms with van der Waals surface area (Å²) in [5.41, 5.74) is 6.39. The number of carboxylic acids is 1. The van der Waals surface area contributed by atoms with Crippen molar-refractivity contribution in [2.45, 2.75) is 39.2 Å². The molecule has 2 N–H and O–H groups in total. The van der Waals surface area contributed by atoms with Crippen molar-refractivity contribution in [1.82, 2.24) is 15.1 Å². The number of nitrogens with one attached hydrogen (secondary N) is 1. The number of rotatable bonds is 11. The first-order chi connectivity index (χ1) is 21.7. The molecule has 6 rings (SSSR count). The smallest absolute Gasteiger partial charge is 0.322 e. The SMILES string of the molecule is Cc1c(Cl)cccc1OCCCC(=O)N1CC2C(c3c(-c4cnn(Cc5cccc(C(=O)NCC(=O)O)c5)c4)cccc31)[C@H]2C. The Bertz CT molecular complexity index is 1770. The van der Waals surface area contributed by atoms with Gasteiger partial charge in [-0.15, -0.1) is 0 Å². The van der Waals surface area contributed by atoms with E-state index in [-0.39, 0.29) is 5.91 Å². The van der Waals surface area contributed by atoms with Crippen LogP contribution in [0.1, 0.15) is 52.7 Å². The average molecular weight is 627 g/mol. The predicted molar refractivity (Wildman–Crippen MR) is 172 cm³/mol. The number of hydrogen-bond donors (Lipinski definition) is 2. The Balaban J connectivity index is 1.16. The highest BCUT2D eigenvalue weighted by atomic mass is 35.5. The van der Waals surface area contributed by atoms with Gasteiger partial charge in [-0.3, -0.25) is 19.1 Å². The van der Waals surface area contributed by atoms with Gasteiger partial charge in [-0.05, 0) is 78.1 Å². The van der Waals surface area contributed by atoms with Crippen molar-refractivity contribution in [3.05, 3.63) is 100 Å². The molecule has 1 aromatic heterocycles. The van der Waals surface area contributed by atoms with Crippen LogP contribution in [0.2, 0.25) is 5.02 Å². The zero-order valence-electron chi connectivity index (χ0n) is 25.2. The van der Waals surface area contributed by atoms with E-state index in [9.17, 15) is 14.4 Å².